The Morgan fingerprint density at radius 2 is 2.00 bits per heavy atom. The maximum Gasteiger partial charge on any atom is 0.243 e. The Balaban J connectivity index is 2.35. The predicted octanol–water partition coefficient (Wildman–Crippen LogP) is 1.91. The van der Waals surface area contributed by atoms with Crippen molar-refractivity contribution in [2.45, 2.75) is 26.4 Å². The van der Waals surface area contributed by atoms with E-state index in [0.717, 1.165) is 4.47 Å². The monoisotopic (exact) mass is 342 g/mol. The Morgan fingerprint density at radius 3 is 2.60 bits per heavy atom. The van der Waals surface area contributed by atoms with E-state index in [2.05, 4.69) is 26.6 Å². The largest absolute Gasteiger partial charge is 0.392 e. The lowest BCUT2D eigenvalue weighted by atomic mass is 10.0. The summed E-state index contributed by atoms with van der Waals surface area (Å²) in [7, 11) is 0. The fraction of sp³-hybridized carbons (Fsp3) is 0.429. The molecule has 0 bridgehead atoms. The number of nitrogens with one attached hydrogen (secondary N) is 2. The first-order chi connectivity index (χ1) is 9.38. The van der Waals surface area contributed by atoms with Gasteiger partial charge in [-0.2, -0.15) is 0 Å². The zero-order valence-corrected chi connectivity index (χ0v) is 13.1. The summed E-state index contributed by atoms with van der Waals surface area (Å²) in [6.45, 7) is 3.55. The number of benzene rings is 1. The molecule has 0 radical (unpaired) electrons. The van der Waals surface area contributed by atoms with Crippen LogP contribution in [0.2, 0.25) is 0 Å². The third-order valence-corrected chi connectivity index (χ3v) is 3.21. The lowest BCUT2D eigenvalue weighted by Gasteiger charge is -2.13. The van der Waals surface area contributed by atoms with Crippen LogP contribution in [-0.4, -0.2) is 29.6 Å². The van der Waals surface area contributed by atoms with Crippen molar-refractivity contribution in [3.8, 4) is 0 Å². The first kappa shape index (κ1) is 16.7. The molecular weight excluding hydrogens is 324 g/mol. The minimum absolute atomic E-state index is 0.00182. The Kier molecular flexibility index (Phi) is 6.67. The quantitative estimate of drug-likeness (QED) is 0.738. The molecule has 20 heavy (non-hydrogen) atoms. The molecule has 1 rings (SSSR count). The lowest BCUT2D eigenvalue weighted by molar-refractivity contribution is -0.126. The molecule has 0 aliphatic heterocycles. The number of amides is 2. The van der Waals surface area contributed by atoms with Gasteiger partial charge in [0.25, 0.3) is 0 Å². The molecular formula is C14H19BrN2O3. The average molecular weight is 343 g/mol. The molecule has 5 nitrogen and oxygen atoms in total. The summed E-state index contributed by atoms with van der Waals surface area (Å²) in [6.07, 6.45) is -0.690. The summed E-state index contributed by atoms with van der Waals surface area (Å²) in [5, 5.41) is 14.7. The van der Waals surface area contributed by atoms with Gasteiger partial charge in [-0.05, 0) is 24.1 Å². The highest BCUT2D eigenvalue weighted by molar-refractivity contribution is 9.10. The van der Waals surface area contributed by atoms with E-state index in [1.165, 1.54) is 0 Å². The van der Waals surface area contributed by atoms with Crippen LogP contribution in [0, 0.1) is 5.92 Å². The van der Waals surface area contributed by atoms with Gasteiger partial charge in [0, 0.05) is 10.2 Å². The van der Waals surface area contributed by atoms with Gasteiger partial charge in [0.2, 0.25) is 11.8 Å². The van der Waals surface area contributed by atoms with E-state index in [0.29, 0.717) is 5.69 Å². The highest BCUT2D eigenvalue weighted by atomic mass is 79.9. The number of carbonyl (C=O) groups is 2. The van der Waals surface area contributed by atoms with Crippen LogP contribution in [0.25, 0.3) is 0 Å². The van der Waals surface area contributed by atoms with E-state index in [4.69, 9.17) is 0 Å². The van der Waals surface area contributed by atoms with Gasteiger partial charge in [-0.25, -0.2) is 0 Å². The second kappa shape index (κ2) is 8.01. The Bertz CT molecular complexity index is 477. The van der Waals surface area contributed by atoms with Crippen molar-refractivity contribution in [3.63, 3.8) is 0 Å². The van der Waals surface area contributed by atoms with Crippen LogP contribution < -0.4 is 10.6 Å². The van der Waals surface area contributed by atoms with E-state index in [1.54, 1.807) is 18.2 Å². The molecule has 0 aliphatic rings. The number of hydrogen-bond acceptors (Lipinski definition) is 3. The van der Waals surface area contributed by atoms with Gasteiger partial charge in [0.05, 0.1) is 19.1 Å². The molecule has 1 unspecified atom stereocenters. The minimum atomic E-state index is -0.692. The SMILES string of the molecule is CC(C)C(O)CC(=O)NCC(=O)Nc1cccc(Br)c1. The van der Waals surface area contributed by atoms with E-state index in [9.17, 15) is 14.7 Å². The van der Waals surface area contributed by atoms with Crippen molar-refractivity contribution in [3.05, 3.63) is 28.7 Å². The minimum Gasteiger partial charge on any atom is -0.392 e. The third-order valence-electron chi connectivity index (χ3n) is 2.72. The lowest BCUT2D eigenvalue weighted by Crippen LogP contribution is -2.35. The summed E-state index contributed by atoms with van der Waals surface area (Å²) in [5.41, 5.74) is 0.654. The fourth-order valence-corrected chi connectivity index (χ4v) is 1.85. The van der Waals surface area contributed by atoms with Crippen LogP contribution in [0.1, 0.15) is 20.3 Å². The van der Waals surface area contributed by atoms with Crippen LogP contribution in [0.3, 0.4) is 0 Å². The first-order valence-corrected chi connectivity index (χ1v) is 7.18. The summed E-state index contributed by atoms with van der Waals surface area (Å²) in [6, 6.07) is 7.18. The number of carbonyl (C=O) groups excluding carboxylic acids is 2. The third kappa shape index (κ3) is 6.16. The molecule has 0 aromatic heterocycles. The van der Waals surface area contributed by atoms with Crippen LogP contribution >= 0.6 is 15.9 Å². The zero-order valence-electron chi connectivity index (χ0n) is 11.5. The molecule has 3 N–H and O–H groups in total. The Morgan fingerprint density at radius 1 is 1.30 bits per heavy atom. The number of rotatable bonds is 6. The molecule has 110 valence electrons. The molecule has 1 aromatic carbocycles. The number of aliphatic hydroxyl groups excluding tert-OH is 1. The number of anilines is 1. The summed E-state index contributed by atoms with van der Waals surface area (Å²) < 4.78 is 0.861. The normalized spacial score (nSPS) is 12.1. The first-order valence-electron chi connectivity index (χ1n) is 6.38. The fourth-order valence-electron chi connectivity index (χ4n) is 1.45. The van der Waals surface area contributed by atoms with Crippen LogP contribution in [0.4, 0.5) is 5.69 Å². The molecule has 0 saturated carbocycles. The molecule has 6 heteroatoms. The smallest absolute Gasteiger partial charge is 0.243 e. The van der Waals surface area contributed by atoms with Gasteiger partial charge in [-0.1, -0.05) is 35.8 Å². The zero-order chi connectivity index (χ0) is 15.1. The van der Waals surface area contributed by atoms with Crippen molar-refractivity contribution in [1.82, 2.24) is 5.32 Å². The van der Waals surface area contributed by atoms with Gasteiger partial charge in [-0.15, -0.1) is 0 Å². The van der Waals surface area contributed by atoms with E-state index >= 15 is 0 Å². The Labute approximate surface area is 126 Å². The second-order valence-corrected chi connectivity index (χ2v) is 5.77. The molecule has 1 aromatic rings. The maximum atomic E-state index is 11.6. The van der Waals surface area contributed by atoms with Crippen LogP contribution in [-0.2, 0) is 9.59 Å². The molecule has 0 saturated heterocycles. The van der Waals surface area contributed by atoms with Crippen LogP contribution in [0.5, 0.6) is 0 Å². The molecule has 0 aliphatic carbocycles. The molecule has 2 amide bonds. The highest BCUT2D eigenvalue weighted by Gasteiger charge is 2.14. The van der Waals surface area contributed by atoms with Gasteiger partial charge in [0.1, 0.15) is 0 Å². The maximum absolute atomic E-state index is 11.6. The van der Waals surface area contributed by atoms with Crippen molar-refractivity contribution in [2.24, 2.45) is 5.92 Å². The summed E-state index contributed by atoms with van der Waals surface area (Å²) in [5.74, 6) is -0.637. The van der Waals surface area contributed by atoms with Crippen molar-refractivity contribution < 1.29 is 14.7 Å². The van der Waals surface area contributed by atoms with Crippen molar-refractivity contribution in [2.75, 3.05) is 11.9 Å². The van der Waals surface area contributed by atoms with E-state index < -0.39 is 6.10 Å². The van der Waals surface area contributed by atoms with Gasteiger partial charge < -0.3 is 15.7 Å². The molecule has 0 spiro atoms. The van der Waals surface area contributed by atoms with Crippen molar-refractivity contribution >= 4 is 33.4 Å². The average Bonchev–Trinajstić information content (AvgIpc) is 2.36. The summed E-state index contributed by atoms with van der Waals surface area (Å²) >= 11 is 3.31. The van der Waals surface area contributed by atoms with Gasteiger partial charge in [0.15, 0.2) is 0 Å². The second-order valence-electron chi connectivity index (χ2n) is 4.85. The molecule has 0 fully saturated rings. The topological polar surface area (TPSA) is 78.4 Å². The van der Waals surface area contributed by atoms with E-state index in [1.807, 2.05) is 19.9 Å². The number of hydrogen-bond donors (Lipinski definition) is 3. The Hall–Kier alpha value is -1.40. The van der Waals surface area contributed by atoms with E-state index in [-0.39, 0.29) is 30.7 Å². The van der Waals surface area contributed by atoms with Gasteiger partial charge >= 0.3 is 0 Å². The van der Waals surface area contributed by atoms with Crippen LogP contribution in [0.15, 0.2) is 28.7 Å². The predicted molar refractivity (Wildman–Crippen MR) is 81.2 cm³/mol. The van der Waals surface area contributed by atoms with Crippen molar-refractivity contribution in [1.29, 1.82) is 0 Å². The molecule has 0 heterocycles. The van der Waals surface area contributed by atoms with Gasteiger partial charge in [-0.3, -0.25) is 9.59 Å². The standard InChI is InChI=1S/C14H19BrN2O3/c1-9(2)12(18)7-13(19)16-8-14(20)17-11-5-3-4-10(15)6-11/h3-6,9,12,18H,7-8H2,1-2H3,(H,16,19)(H,17,20). The number of halogens is 1. The number of aliphatic hydroxyl groups is 1. The highest BCUT2D eigenvalue weighted by Crippen LogP contribution is 2.15. The molecule has 1 atom stereocenters. The summed E-state index contributed by atoms with van der Waals surface area (Å²) in [4.78, 5) is 23.2.